The number of nitrogens with zero attached hydrogens (tertiary/aromatic N) is 3. The van der Waals surface area contributed by atoms with E-state index in [1.54, 1.807) is 31.1 Å². The van der Waals surface area contributed by atoms with Gasteiger partial charge in [-0.3, -0.25) is 4.99 Å². The number of rotatable bonds is 8. The molecule has 0 aliphatic heterocycles. The second-order valence-corrected chi connectivity index (χ2v) is 7.54. The van der Waals surface area contributed by atoms with Gasteiger partial charge in [-0.1, -0.05) is 30.3 Å². The fourth-order valence-corrected chi connectivity index (χ4v) is 3.58. The van der Waals surface area contributed by atoms with Crippen LogP contribution in [-0.2, 0) is 25.4 Å². The van der Waals surface area contributed by atoms with Crippen molar-refractivity contribution in [2.75, 3.05) is 13.3 Å². The molecule has 0 unspecified atom stereocenters. The van der Waals surface area contributed by atoms with E-state index in [2.05, 4.69) is 44.9 Å². The fraction of sp³-hybridized carbons (Fsp3) is 0.273. The summed E-state index contributed by atoms with van der Waals surface area (Å²) in [5, 5.41) is 6.64. The van der Waals surface area contributed by atoms with Gasteiger partial charge in [0.1, 0.15) is 5.82 Å². The summed E-state index contributed by atoms with van der Waals surface area (Å²) >= 11 is 1.68. The Kier molecular flexibility index (Phi) is 7.69. The fourth-order valence-electron chi connectivity index (χ4n) is 3.00. The summed E-state index contributed by atoms with van der Waals surface area (Å²) in [7, 11) is 1.75. The normalized spacial score (nSPS) is 11.5. The van der Waals surface area contributed by atoms with Crippen molar-refractivity contribution in [3.8, 4) is 0 Å². The van der Waals surface area contributed by atoms with Gasteiger partial charge in [-0.2, -0.15) is 11.8 Å². The lowest BCUT2D eigenvalue weighted by Gasteiger charge is -2.14. The standard InChI is InChI=1S/C22H26FN5S/c1-24-22(27-13-19-7-8-21(23)11-20(19)15-29-2)26-12-17-3-5-18(6-4-17)14-28-10-9-25-16-28/h3-11,16H,12-15H2,1-2H3,(H2,24,26,27). The van der Waals surface area contributed by atoms with Crippen molar-refractivity contribution in [1.82, 2.24) is 20.2 Å². The lowest BCUT2D eigenvalue weighted by atomic mass is 10.1. The highest BCUT2D eigenvalue weighted by atomic mass is 32.2. The van der Waals surface area contributed by atoms with Crippen molar-refractivity contribution < 1.29 is 4.39 Å². The van der Waals surface area contributed by atoms with E-state index in [4.69, 9.17) is 0 Å². The summed E-state index contributed by atoms with van der Waals surface area (Å²) in [6, 6.07) is 13.4. The smallest absolute Gasteiger partial charge is 0.191 e. The van der Waals surface area contributed by atoms with E-state index in [9.17, 15) is 4.39 Å². The van der Waals surface area contributed by atoms with Gasteiger partial charge >= 0.3 is 0 Å². The van der Waals surface area contributed by atoms with Crippen LogP contribution < -0.4 is 10.6 Å². The maximum atomic E-state index is 13.5. The number of hydrogen-bond donors (Lipinski definition) is 2. The minimum Gasteiger partial charge on any atom is -0.352 e. The number of halogens is 1. The average molecular weight is 412 g/mol. The highest BCUT2D eigenvalue weighted by Gasteiger charge is 2.06. The molecule has 0 atom stereocenters. The molecule has 5 nitrogen and oxygen atoms in total. The number of aromatic nitrogens is 2. The monoisotopic (exact) mass is 411 g/mol. The van der Waals surface area contributed by atoms with E-state index in [-0.39, 0.29) is 5.82 Å². The highest BCUT2D eigenvalue weighted by molar-refractivity contribution is 7.97. The Labute approximate surface area is 175 Å². The molecule has 0 fully saturated rings. The molecule has 0 saturated heterocycles. The van der Waals surface area contributed by atoms with Gasteiger partial charge in [0.25, 0.3) is 0 Å². The van der Waals surface area contributed by atoms with E-state index in [0.717, 1.165) is 23.4 Å². The summed E-state index contributed by atoms with van der Waals surface area (Å²) in [6.07, 6.45) is 7.57. The van der Waals surface area contributed by atoms with Gasteiger partial charge in [-0.25, -0.2) is 9.37 Å². The third kappa shape index (κ3) is 6.35. The Bertz CT molecular complexity index is 923. The zero-order chi connectivity index (χ0) is 20.5. The van der Waals surface area contributed by atoms with Crippen molar-refractivity contribution >= 4 is 17.7 Å². The molecule has 0 radical (unpaired) electrons. The molecular weight excluding hydrogens is 385 g/mol. The predicted molar refractivity (Wildman–Crippen MR) is 118 cm³/mol. The molecule has 0 bridgehead atoms. The van der Waals surface area contributed by atoms with E-state index in [1.165, 1.54) is 17.2 Å². The Morgan fingerprint density at radius 3 is 2.52 bits per heavy atom. The highest BCUT2D eigenvalue weighted by Crippen LogP contribution is 2.16. The Morgan fingerprint density at radius 1 is 1.07 bits per heavy atom. The maximum Gasteiger partial charge on any atom is 0.191 e. The van der Waals surface area contributed by atoms with Crippen molar-refractivity contribution in [2.24, 2.45) is 4.99 Å². The van der Waals surface area contributed by atoms with Gasteiger partial charge < -0.3 is 15.2 Å². The van der Waals surface area contributed by atoms with Crippen LogP contribution in [0.1, 0.15) is 22.3 Å². The molecule has 2 aromatic carbocycles. The first-order valence-corrected chi connectivity index (χ1v) is 10.8. The summed E-state index contributed by atoms with van der Waals surface area (Å²) < 4.78 is 15.5. The number of thioether (sulfide) groups is 1. The van der Waals surface area contributed by atoms with Crippen molar-refractivity contribution in [2.45, 2.75) is 25.4 Å². The maximum absolute atomic E-state index is 13.5. The van der Waals surface area contributed by atoms with Crippen molar-refractivity contribution in [1.29, 1.82) is 0 Å². The van der Waals surface area contributed by atoms with Crippen LogP contribution in [0.4, 0.5) is 4.39 Å². The molecule has 7 heteroatoms. The largest absolute Gasteiger partial charge is 0.352 e. The lowest BCUT2D eigenvalue weighted by molar-refractivity contribution is 0.625. The minimum atomic E-state index is -0.197. The molecular formula is C22H26FN5S. The number of nitrogens with one attached hydrogen (secondary N) is 2. The van der Waals surface area contributed by atoms with Crippen LogP contribution in [0.15, 0.2) is 66.2 Å². The second-order valence-electron chi connectivity index (χ2n) is 6.68. The van der Waals surface area contributed by atoms with E-state index in [1.807, 2.05) is 29.4 Å². The van der Waals surface area contributed by atoms with Crippen LogP contribution in [0.5, 0.6) is 0 Å². The van der Waals surface area contributed by atoms with Crippen LogP contribution >= 0.6 is 11.8 Å². The minimum absolute atomic E-state index is 0.197. The summed E-state index contributed by atoms with van der Waals surface area (Å²) in [5.41, 5.74) is 4.49. The van der Waals surface area contributed by atoms with Crippen LogP contribution in [0.3, 0.4) is 0 Å². The van der Waals surface area contributed by atoms with E-state index >= 15 is 0 Å². The molecule has 2 N–H and O–H groups in total. The first-order chi connectivity index (χ1) is 14.2. The van der Waals surface area contributed by atoms with Crippen molar-refractivity contribution in [3.63, 3.8) is 0 Å². The number of guanidine groups is 1. The number of imidazole rings is 1. The SMILES string of the molecule is CN=C(NCc1ccc(Cn2ccnc2)cc1)NCc1ccc(F)cc1CSC. The molecule has 0 saturated carbocycles. The predicted octanol–water partition coefficient (Wildman–Crippen LogP) is 3.80. The van der Waals surface area contributed by atoms with E-state index < -0.39 is 0 Å². The molecule has 1 aromatic heterocycles. The van der Waals surface area contributed by atoms with Crippen LogP contribution in [-0.4, -0.2) is 28.8 Å². The summed E-state index contributed by atoms with van der Waals surface area (Å²) in [5.74, 6) is 1.30. The topological polar surface area (TPSA) is 54.2 Å². The third-order valence-corrected chi connectivity index (χ3v) is 5.14. The van der Waals surface area contributed by atoms with Gasteiger partial charge in [0, 0.05) is 44.8 Å². The zero-order valence-corrected chi connectivity index (χ0v) is 17.5. The molecule has 1 heterocycles. The lowest BCUT2D eigenvalue weighted by Crippen LogP contribution is -2.36. The average Bonchev–Trinajstić information content (AvgIpc) is 3.24. The van der Waals surface area contributed by atoms with Crippen LogP contribution in [0.25, 0.3) is 0 Å². The molecule has 29 heavy (non-hydrogen) atoms. The summed E-state index contributed by atoms with van der Waals surface area (Å²) in [6.45, 7) is 2.08. The van der Waals surface area contributed by atoms with Gasteiger partial charge in [0.15, 0.2) is 5.96 Å². The number of aliphatic imine (C=N–C) groups is 1. The molecule has 152 valence electrons. The first-order valence-electron chi connectivity index (χ1n) is 9.42. The Hall–Kier alpha value is -2.80. The van der Waals surface area contributed by atoms with E-state index in [0.29, 0.717) is 19.0 Å². The van der Waals surface area contributed by atoms with Gasteiger partial charge in [0.05, 0.1) is 6.33 Å². The quantitative estimate of drug-likeness (QED) is 0.437. The number of hydrogen-bond acceptors (Lipinski definition) is 3. The summed E-state index contributed by atoms with van der Waals surface area (Å²) in [4.78, 5) is 8.35. The van der Waals surface area contributed by atoms with Crippen LogP contribution in [0.2, 0.25) is 0 Å². The van der Waals surface area contributed by atoms with Gasteiger partial charge in [0.2, 0.25) is 0 Å². The molecule has 0 amide bonds. The molecule has 3 aromatic rings. The number of benzene rings is 2. The third-order valence-electron chi connectivity index (χ3n) is 4.55. The zero-order valence-electron chi connectivity index (χ0n) is 16.7. The Balaban J connectivity index is 1.52. The molecule has 3 rings (SSSR count). The molecule has 0 aliphatic rings. The first kappa shape index (κ1) is 20.9. The van der Waals surface area contributed by atoms with Gasteiger partial charge in [-0.05, 0) is 40.6 Å². The molecule has 0 aliphatic carbocycles. The molecule has 0 spiro atoms. The van der Waals surface area contributed by atoms with Gasteiger partial charge in [-0.15, -0.1) is 0 Å². The van der Waals surface area contributed by atoms with Crippen LogP contribution in [0, 0.1) is 5.82 Å². The van der Waals surface area contributed by atoms with Crippen molar-refractivity contribution in [3.05, 3.63) is 89.3 Å². The Morgan fingerprint density at radius 2 is 1.83 bits per heavy atom. The second kappa shape index (κ2) is 10.7.